The number of nitrogens with one attached hydrogen (secondary N) is 1. The quantitative estimate of drug-likeness (QED) is 0.792. The van der Waals surface area contributed by atoms with Crippen LogP contribution in [0.15, 0.2) is 18.3 Å². The predicted octanol–water partition coefficient (Wildman–Crippen LogP) is 3.61. The second-order valence-electron chi connectivity index (χ2n) is 4.23. The van der Waals surface area contributed by atoms with Gasteiger partial charge in [-0.2, -0.15) is 0 Å². The van der Waals surface area contributed by atoms with Crippen molar-refractivity contribution < 1.29 is 4.74 Å². The zero-order valence-corrected chi connectivity index (χ0v) is 9.72. The standard InChI is InChI=1S/C13H17NO/c1-8(2)12-11(15-4)7-9(3)10-5-6-14-13(10)12/h5-8,14H,1-4H3. The van der Waals surface area contributed by atoms with Crippen molar-refractivity contribution in [2.75, 3.05) is 7.11 Å². The minimum atomic E-state index is 0.460. The number of rotatable bonds is 2. The third kappa shape index (κ3) is 1.50. The van der Waals surface area contributed by atoms with Gasteiger partial charge in [0, 0.05) is 17.1 Å². The molecule has 1 N–H and O–H groups in total. The van der Waals surface area contributed by atoms with Crippen LogP contribution < -0.4 is 4.74 Å². The Labute approximate surface area is 90.3 Å². The Kier molecular flexibility index (Phi) is 2.43. The zero-order valence-electron chi connectivity index (χ0n) is 9.72. The maximum atomic E-state index is 5.44. The van der Waals surface area contributed by atoms with Gasteiger partial charge in [0.2, 0.25) is 0 Å². The van der Waals surface area contributed by atoms with E-state index in [1.165, 1.54) is 22.0 Å². The highest BCUT2D eigenvalue weighted by Gasteiger charge is 2.14. The zero-order chi connectivity index (χ0) is 11.0. The van der Waals surface area contributed by atoms with Gasteiger partial charge in [0.05, 0.1) is 12.6 Å². The molecular formula is C13H17NO. The van der Waals surface area contributed by atoms with Crippen LogP contribution >= 0.6 is 0 Å². The molecule has 2 aromatic rings. The maximum absolute atomic E-state index is 5.44. The molecule has 2 heteroatoms. The van der Waals surface area contributed by atoms with Gasteiger partial charge >= 0.3 is 0 Å². The van der Waals surface area contributed by atoms with Crippen LogP contribution in [0, 0.1) is 6.92 Å². The third-order valence-electron chi connectivity index (χ3n) is 2.85. The molecule has 0 bridgehead atoms. The maximum Gasteiger partial charge on any atom is 0.124 e. The van der Waals surface area contributed by atoms with Crippen LogP contribution in [0.1, 0.15) is 30.9 Å². The van der Waals surface area contributed by atoms with Crippen LogP contribution in [0.4, 0.5) is 0 Å². The van der Waals surface area contributed by atoms with Gasteiger partial charge in [-0.3, -0.25) is 0 Å². The number of aryl methyl sites for hydroxylation is 1. The smallest absolute Gasteiger partial charge is 0.124 e. The molecule has 0 saturated heterocycles. The monoisotopic (exact) mass is 203 g/mol. The van der Waals surface area contributed by atoms with Gasteiger partial charge in [-0.15, -0.1) is 0 Å². The first-order chi connectivity index (χ1) is 7.15. The molecule has 0 radical (unpaired) electrons. The van der Waals surface area contributed by atoms with E-state index in [-0.39, 0.29) is 0 Å². The largest absolute Gasteiger partial charge is 0.496 e. The van der Waals surface area contributed by atoms with E-state index in [1.54, 1.807) is 7.11 Å². The molecule has 0 aliphatic rings. The molecule has 0 unspecified atom stereocenters. The number of benzene rings is 1. The van der Waals surface area contributed by atoms with E-state index in [2.05, 4.69) is 37.9 Å². The summed E-state index contributed by atoms with van der Waals surface area (Å²) in [6.45, 7) is 6.49. The predicted molar refractivity (Wildman–Crippen MR) is 63.7 cm³/mol. The topological polar surface area (TPSA) is 25.0 Å². The summed E-state index contributed by atoms with van der Waals surface area (Å²) in [5.41, 5.74) is 3.73. The average molecular weight is 203 g/mol. The fourth-order valence-corrected chi connectivity index (χ4v) is 2.14. The fourth-order valence-electron chi connectivity index (χ4n) is 2.14. The van der Waals surface area contributed by atoms with E-state index in [4.69, 9.17) is 4.74 Å². The summed E-state index contributed by atoms with van der Waals surface area (Å²) >= 11 is 0. The normalized spacial score (nSPS) is 11.3. The van der Waals surface area contributed by atoms with E-state index < -0.39 is 0 Å². The van der Waals surface area contributed by atoms with Crippen LogP contribution in [0.5, 0.6) is 5.75 Å². The molecular weight excluding hydrogens is 186 g/mol. The molecule has 15 heavy (non-hydrogen) atoms. The van der Waals surface area contributed by atoms with Gasteiger partial charge in [-0.05, 0) is 30.5 Å². The number of aromatic amines is 1. The number of hydrogen-bond donors (Lipinski definition) is 1. The Hall–Kier alpha value is -1.44. The van der Waals surface area contributed by atoms with Gasteiger partial charge in [-0.1, -0.05) is 13.8 Å². The number of aromatic nitrogens is 1. The highest BCUT2D eigenvalue weighted by molar-refractivity contribution is 5.88. The second kappa shape index (κ2) is 3.61. The van der Waals surface area contributed by atoms with Crippen molar-refractivity contribution in [3.8, 4) is 5.75 Å². The SMILES string of the molecule is COc1cc(C)c2cc[nH]c2c1C(C)C. The average Bonchev–Trinajstić information content (AvgIpc) is 2.65. The summed E-state index contributed by atoms with van der Waals surface area (Å²) in [4.78, 5) is 3.31. The van der Waals surface area contributed by atoms with Crippen LogP contribution in [0.2, 0.25) is 0 Å². The van der Waals surface area contributed by atoms with Crippen molar-refractivity contribution in [2.45, 2.75) is 26.7 Å². The van der Waals surface area contributed by atoms with Crippen molar-refractivity contribution in [3.05, 3.63) is 29.5 Å². The van der Waals surface area contributed by atoms with Crippen LogP contribution in [0.3, 0.4) is 0 Å². The number of methoxy groups -OCH3 is 1. The van der Waals surface area contributed by atoms with Crippen molar-refractivity contribution in [3.63, 3.8) is 0 Å². The first-order valence-corrected chi connectivity index (χ1v) is 5.29. The molecule has 0 spiro atoms. The van der Waals surface area contributed by atoms with Crippen LogP contribution in [-0.2, 0) is 0 Å². The molecule has 1 aromatic carbocycles. The van der Waals surface area contributed by atoms with E-state index in [0.717, 1.165) is 5.75 Å². The van der Waals surface area contributed by atoms with Crippen molar-refractivity contribution in [2.24, 2.45) is 0 Å². The summed E-state index contributed by atoms with van der Waals surface area (Å²) in [7, 11) is 1.73. The Bertz CT molecular complexity index is 482. The minimum Gasteiger partial charge on any atom is -0.496 e. The van der Waals surface area contributed by atoms with Gasteiger partial charge in [0.1, 0.15) is 5.75 Å². The number of fused-ring (bicyclic) bond motifs is 1. The molecule has 0 saturated carbocycles. The lowest BCUT2D eigenvalue weighted by Gasteiger charge is -2.14. The summed E-state index contributed by atoms with van der Waals surface area (Å²) in [5, 5.41) is 1.29. The minimum absolute atomic E-state index is 0.460. The lowest BCUT2D eigenvalue weighted by molar-refractivity contribution is 0.408. The van der Waals surface area contributed by atoms with E-state index in [0.29, 0.717) is 5.92 Å². The molecule has 2 rings (SSSR count). The summed E-state index contributed by atoms with van der Waals surface area (Å²) in [5.74, 6) is 1.44. The summed E-state index contributed by atoms with van der Waals surface area (Å²) in [6.07, 6.45) is 1.99. The molecule has 2 nitrogen and oxygen atoms in total. The van der Waals surface area contributed by atoms with E-state index >= 15 is 0 Å². The first kappa shape index (κ1) is 10.1. The summed E-state index contributed by atoms with van der Waals surface area (Å²) in [6, 6.07) is 4.24. The number of ether oxygens (including phenoxy) is 1. The second-order valence-corrected chi connectivity index (χ2v) is 4.23. The Morgan fingerprint density at radius 2 is 2.07 bits per heavy atom. The lowest BCUT2D eigenvalue weighted by atomic mass is 9.97. The van der Waals surface area contributed by atoms with Crippen molar-refractivity contribution >= 4 is 10.9 Å². The van der Waals surface area contributed by atoms with E-state index in [9.17, 15) is 0 Å². The molecule has 0 atom stereocenters. The number of H-pyrrole nitrogens is 1. The van der Waals surface area contributed by atoms with Crippen LogP contribution in [-0.4, -0.2) is 12.1 Å². The highest BCUT2D eigenvalue weighted by Crippen LogP contribution is 2.35. The third-order valence-corrected chi connectivity index (χ3v) is 2.85. The van der Waals surface area contributed by atoms with Crippen molar-refractivity contribution in [1.29, 1.82) is 0 Å². The summed E-state index contributed by atoms with van der Waals surface area (Å²) < 4.78 is 5.44. The van der Waals surface area contributed by atoms with Crippen molar-refractivity contribution in [1.82, 2.24) is 4.98 Å². The molecule has 0 aliphatic heterocycles. The van der Waals surface area contributed by atoms with Gasteiger partial charge < -0.3 is 9.72 Å². The van der Waals surface area contributed by atoms with Crippen LogP contribution in [0.25, 0.3) is 10.9 Å². The molecule has 1 heterocycles. The lowest BCUT2D eigenvalue weighted by Crippen LogP contribution is -1.96. The molecule has 1 aromatic heterocycles. The molecule has 0 fully saturated rings. The first-order valence-electron chi connectivity index (χ1n) is 5.29. The molecule has 80 valence electrons. The highest BCUT2D eigenvalue weighted by atomic mass is 16.5. The molecule has 0 amide bonds. The van der Waals surface area contributed by atoms with E-state index in [1.807, 2.05) is 6.20 Å². The Morgan fingerprint density at radius 1 is 1.33 bits per heavy atom. The van der Waals surface area contributed by atoms with Gasteiger partial charge in [-0.25, -0.2) is 0 Å². The number of hydrogen-bond acceptors (Lipinski definition) is 1. The van der Waals surface area contributed by atoms with Gasteiger partial charge in [0.15, 0.2) is 0 Å². The Morgan fingerprint density at radius 3 is 2.67 bits per heavy atom. The fraction of sp³-hybridized carbons (Fsp3) is 0.385. The Balaban J connectivity index is 2.83. The van der Waals surface area contributed by atoms with Gasteiger partial charge in [0.25, 0.3) is 0 Å². The molecule has 0 aliphatic carbocycles.